The highest BCUT2D eigenvalue weighted by molar-refractivity contribution is 7.80. The van der Waals surface area contributed by atoms with Crippen LogP contribution >= 0.6 is 12.2 Å². The minimum atomic E-state index is -0.793. The maximum Gasteiger partial charge on any atom is 0.271 e. The number of nitrogens with two attached hydrogens (primary N) is 1. The smallest absolute Gasteiger partial charge is 0.271 e. The van der Waals surface area contributed by atoms with Gasteiger partial charge in [-0.15, -0.1) is 0 Å². The zero-order chi connectivity index (χ0) is 16.5. The van der Waals surface area contributed by atoms with Gasteiger partial charge < -0.3 is 15.4 Å². The lowest BCUT2D eigenvalue weighted by Crippen LogP contribution is -2.57. The Balaban J connectivity index is 2.50. The van der Waals surface area contributed by atoms with E-state index in [0.717, 1.165) is 17.0 Å². The summed E-state index contributed by atoms with van der Waals surface area (Å²) in [6.07, 6.45) is 1.27. The summed E-state index contributed by atoms with van der Waals surface area (Å²) in [7, 11) is 0. The van der Waals surface area contributed by atoms with Crippen LogP contribution in [0.3, 0.4) is 0 Å². The van der Waals surface area contributed by atoms with Crippen molar-refractivity contribution in [2.24, 2.45) is 11.7 Å². The number of rotatable bonds is 5. The van der Waals surface area contributed by atoms with Gasteiger partial charge in [-0.3, -0.25) is 4.79 Å². The van der Waals surface area contributed by atoms with Crippen molar-refractivity contribution in [2.45, 2.75) is 46.1 Å². The molecule has 22 heavy (non-hydrogen) atoms. The lowest BCUT2D eigenvalue weighted by Gasteiger charge is -2.42. The summed E-state index contributed by atoms with van der Waals surface area (Å²) in [5.41, 5.74) is 6.85. The average molecular weight is 320 g/mol. The molecule has 0 bridgehead atoms. The van der Waals surface area contributed by atoms with Crippen molar-refractivity contribution >= 4 is 28.8 Å². The van der Waals surface area contributed by atoms with Crippen molar-refractivity contribution < 1.29 is 9.53 Å². The van der Waals surface area contributed by atoms with E-state index in [4.69, 9.17) is 22.7 Å². The van der Waals surface area contributed by atoms with Crippen molar-refractivity contribution in [3.05, 3.63) is 23.8 Å². The normalized spacial score (nSPS) is 17.6. The van der Waals surface area contributed by atoms with Gasteiger partial charge >= 0.3 is 0 Å². The third-order valence-corrected chi connectivity index (χ3v) is 4.83. The molecule has 0 spiro atoms. The fourth-order valence-corrected chi connectivity index (χ4v) is 2.85. The minimum absolute atomic E-state index is 0.00120. The molecule has 2 N–H and O–H groups in total. The second kappa shape index (κ2) is 6.24. The molecule has 1 heterocycles. The van der Waals surface area contributed by atoms with Gasteiger partial charge in [0.1, 0.15) is 5.75 Å². The fraction of sp³-hybridized carbons (Fsp3) is 0.529. The van der Waals surface area contributed by atoms with E-state index >= 15 is 0 Å². The average Bonchev–Trinajstić information content (AvgIpc) is 2.50. The maximum atomic E-state index is 13.1. The van der Waals surface area contributed by atoms with E-state index in [1.54, 1.807) is 4.90 Å². The van der Waals surface area contributed by atoms with Crippen LogP contribution in [0.15, 0.2) is 18.2 Å². The van der Waals surface area contributed by atoms with Crippen molar-refractivity contribution in [3.8, 4) is 5.75 Å². The molecule has 1 aliphatic rings. The highest BCUT2D eigenvalue weighted by Gasteiger charge is 2.46. The predicted octanol–water partition coefficient (Wildman–Crippen LogP) is 3.20. The summed E-state index contributed by atoms with van der Waals surface area (Å²) in [5, 5.41) is 0. The lowest BCUT2D eigenvalue weighted by atomic mass is 9.92. The third-order valence-electron chi connectivity index (χ3n) is 4.43. The molecule has 1 aromatic rings. The van der Waals surface area contributed by atoms with Gasteiger partial charge in [-0.2, -0.15) is 0 Å². The van der Waals surface area contributed by atoms with Crippen LogP contribution in [0.25, 0.3) is 0 Å². The SMILES string of the molecule is CCC1(CC)Oc2ccc(C)cc2N(CC(C)C(N)=S)C1=O. The Hall–Kier alpha value is -1.62. The van der Waals surface area contributed by atoms with E-state index < -0.39 is 5.60 Å². The predicted molar refractivity (Wildman–Crippen MR) is 93.4 cm³/mol. The Bertz CT molecular complexity index is 596. The number of carbonyl (C=O) groups is 1. The number of amides is 1. The summed E-state index contributed by atoms with van der Waals surface area (Å²) in [6, 6.07) is 5.92. The summed E-state index contributed by atoms with van der Waals surface area (Å²) in [4.78, 5) is 15.3. The molecule has 1 aliphatic heterocycles. The van der Waals surface area contributed by atoms with Crippen LogP contribution in [0.1, 0.15) is 39.2 Å². The number of carbonyl (C=O) groups excluding carboxylic acids is 1. The highest BCUT2D eigenvalue weighted by atomic mass is 32.1. The van der Waals surface area contributed by atoms with Crippen molar-refractivity contribution in [1.29, 1.82) is 0 Å². The molecule has 2 rings (SSSR count). The summed E-state index contributed by atoms with van der Waals surface area (Å²) < 4.78 is 6.10. The number of nitrogens with zero attached hydrogens (tertiary/aromatic N) is 1. The van der Waals surface area contributed by atoms with Gasteiger partial charge in [0.25, 0.3) is 5.91 Å². The van der Waals surface area contributed by atoms with Crippen LogP contribution in [0.5, 0.6) is 5.75 Å². The van der Waals surface area contributed by atoms with E-state index in [9.17, 15) is 4.79 Å². The quantitative estimate of drug-likeness (QED) is 0.847. The number of aryl methyl sites for hydroxylation is 1. The molecule has 120 valence electrons. The molecular formula is C17H24N2O2S. The van der Waals surface area contributed by atoms with E-state index in [1.165, 1.54) is 0 Å². The van der Waals surface area contributed by atoms with Gasteiger partial charge in [-0.05, 0) is 37.5 Å². The number of ether oxygens (including phenoxy) is 1. The van der Waals surface area contributed by atoms with Gasteiger partial charge in [0.15, 0.2) is 5.60 Å². The second-order valence-electron chi connectivity index (χ2n) is 5.99. The molecule has 0 aliphatic carbocycles. The molecule has 5 heteroatoms. The standard InChI is InChI=1S/C17H24N2O2S/c1-5-17(6-2)16(20)19(10-12(4)15(18)22)13-9-11(3)7-8-14(13)21-17/h7-9,12H,5-6,10H2,1-4H3,(H2,18,22). The van der Waals surface area contributed by atoms with Gasteiger partial charge in [0.05, 0.1) is 10.7 Å². The molecule has 0 saturated heterocycles. The number of thiocarbonyl (C=S) groups is 1. The molecule has 0 fully saturated rings. The number of benzene rings is 1. The van der Waals surface area contributed by atoms with Crippen LogP contribution in [0, 0.1) is 12.8 Å². The Kier molecular flexibility index (Phi) is 4.75. The summed E-state index contributed by atoms with van der Waals surface area (Å²) >= 11 is 5.07. The fourth-order valence-electron chi connectivity index (χ4n) is 2.78. The molecule has 1 atom stereocenters. The molecule has 0 saturated carbocycles. The van der Waals surface area contributed by atoms with Gasteiger partial charge in [0, 0.05) is 12.5 Å². The molecule has 1 amide bonds. The van der Waals surface area contributed by atoms with Crippen molar-refractivity contribution in [1.82, 2.24) is 0 Å². The Morgan fingerprint density at radius 2 is 2.05 bits per heavy atom. The van der Waals surface area contributed by atoms with Crippen LogP contribution in [-0.4, -0.2) is 23.0 Å². The van der Waals surface area contributed by atoms with E-state index in [-0.39, 0.29) is 11.8 Å². The monoisotopic (exact) mass is 320 g/mol. The first-order valence-corrected chi connectivity index (χ1v) is 8.16. The largest absolute Gasteiger partial charge is 0.475 e. The van der Waals surface area contributed by atoms with Gasteiger partial charge in [-0.25, -0.2) is 0 Å². The zero-order valence-electron chi connectivity index (χ0n) is 13.7. The number of hydrogen-bond donors (Lipinski definition) is 1. The van der Waals surface area contributed by atoms with Crippen molar-refractivity contribution in [3.63, 3.8) is 0 Å². The molecular weight excluding hydrogens is 296 g/mol. The first-order valence-electron chi connectivity index (χ1n) is 7.75. The minimum Gasteiger partial charge on any atom is -0.475 e. The number of hydrogen-bond acceptors (Lipinski definition) is 3. The topological polar surface area (TPSA) is 55.6 Å². The molecule has 0 aromatic heterocycles. The van der Waals surface area contributed by atoms with Crippen LogP contribution in [-0.2, 0) is 4.79 Å². The summed E-state index contributed by atoms with van der Waals surface area (Å²) in [5.74, 6) is 0.708. The van der Waals surface area contributed by atoms with Gasteiger partial charge in [0.2, 0.25) is 0 Å². The Morgan fingerprint density at radius 1 is 1.41 bits per heavy atom. The highest BCUT2D eigenvalue weighted by Crippen LogP contribution is 2.41. The zero-order valence-corrected chi connectivity index (χ0v) is 14.5. The lowest BCUT2D eigenvalue weighted by molar-refractivity contribution is -0.136. The van der Waals surface area contributed by atoms with E-state index in [2.05, 4.69) is 0 Å². The number of fused-ring (bicyclic) bond motifs is 1. The van der Waals surface area contributed by atoms with Crippen LogP contribution in [0.4, 0.5) is 5.69 Å². The van der Waals surface area contributed by atoms with Crippen molar-refractivity contribution in [2.75, 3.05) is 11.4 Å². The summed E-state index contributed by atoms with van der Waals surface area (Å²) in [6.45, 7) is 8.39. The van der Waals surface area contributed by atoms with Crippen LogP contribution in [0.2, 0.25) is 0 Å². The van der Waals surface area contributed by atoms with Crippen LogP contribution < -0.4 is 15.4 Å². The maximum absolute atomic E-state index is 13.1. The first-order chi connectivity index (χ1) is 10.3. The first kappa shape index (κ1) is 16.7. The second-order valence-corrected chi connectivity index (χ2v) is 6.47. The van der Waals surface area contributed by atoms with E-state index in [1.807, 2.05) is 45.9 Å². The molecule has 4 nitrogen and oxygen atoms in total. The van der Waals surface area contributed by atoms with Gasteiger partial charge in [-0.1, -0.05) is 39.1 Å². The van der Waals surface area contributed by atoms with E-state index in [0.29, 0.717) is 24.4 Å². The Morgan fingerprint density at radius 3 is 2.59 bits per heavy atom. The molecule has 1 aromatic carbocycles. The number of anilines is 1. The molecule has 1 unspecified atom stereocenters. The molecule has 0 radical (unpaired) electrons. The third kappa shape index (κ3) is 2.82. The Labute approximate surface area is 137 Å².